The fraction of sp³-hybridized carbons (Fsp3) is 0.400. The van der Waals surface area contributed by atoms with Crippen molar-refractivity contribution in [3.63, 3.8) is 0 Å². The highest BCUT2D eigenvalue weighted by Crippen LogP contribution is 2.44. The molecule has 0 amide bonds. The van der Waals surface area contributed by atoms with Gasteiger partial charge in [0.25, 0.3) is 5.22 Å². The first-order valence-electron chi connectivity index (χ1n) is 10.2. The summed E-state index contributed by atoms with van der Waals surface area (Å²) in [6.07, 6.45) is 1.98. The van der Waals surface area contributed by atoms with Gasteiger partial charge in [0, 0.05) is 49.7 Å². The van der Waals surface area contributed by atoms with Crippen LogP contribution in [0.2, 0.25) is 0 Å². The van der Waals surface area contributed by atoms with Crippen LogP contribution in [0.5, 0.6) is 0 Å². The Kier molecular flexibility index (Phi) is 4.12. The smallest absolute Gasteiger partial charge is 0.284 e. The zero-order valence-electron chi connectivity index (χ0n) is 17.0. The van der Waals surface area contributed by atoms with Crippen LogP contribution in [0.4, 0.5) is 15.9 Å². The summed E-state index contributed by atoms with van der Waals surface area (Å²) >= 11 is 1.22. The van der Waals surface area contributed by atoms with Crippen molar-refractivity contribution in [2.24, 2.45) is 11.7 Å². The minimum atomic E-state index is -0.312. The minimum absolute atomic E-state index is 0.227. The zero-order valence-corrected chi connectivity index (χ0v) is 17.8. The number of aryl methyl sites for hydroxylation is 1. The van der Waals surface area contributed by atoms with Gasteiger partial charge < -0.3 is 25.4 Å². The highest BCUT2D eigenvalue weighted by molar-refractivity contribution is 7.98. The van der Waals surface area contributed by atoms with Gasteiger partial charge >= 0.3 is 0 Å². The van der Waals surface area contributed by atoms with Crippen molar-refractivity contribution < 1.29 is 8.81 Å². The van der Waals surface area contributed by atoms with E-state index < -0.39 is 0 Å². The lowest BCUT2D eigenvalue weighted by Crippen LogP contribution is -2.41. The van der Waals surface area contributed by atoms with Crippen LogP contribution in [-0.4, -0.2) is 50.8 Å². The van der Waals surface area contributed by atoms with Gasteiger partial charge in [-0.2, -0.15) is 0 Å². The van der Waals surface area contributed by atoms with Gasteiger partial charge in [-0.3, -0.25) is 0 Å². The number of nitrogens with one attached hydrogen (secondary N) is 2. The van der Waals surface area contributed by atoms with E-state index in [2.05, 4.69) is 25.4 Å². The van der Waals surface area contributed by atoms with Gasteiger partial charge in [-0.05, 0) is 30.9 Å². The largest absolute Gasteiger partial charge is 0.416 e. The summed E-state index contributed by atoms with van der Waals surface area (Å²) in [6, 6.07) is 3.56. The molecule has 160 valence electrons. The monoisotopic (exact) mass is 440 g/mol. The molecule has 9 nitrogen and oxygen atoms in total. The maximum atomic E-state index is 14.4. The van der Waals surface area contributed by atoms with Crippen LogP contribution in [0.3, 0.4) is 0 Å². The summed E-state index contributed by atoms with van der Waals surface area (Å²) in [6.45, 7) is 2.57. The molecule has 2 bridgehead atoms. The molecule has 3 aromatic heterocycles. The topological polar surface area (TPSA) is 122 Å². The molecular weight excluding hydrogens is 419 g/mol. The van der Waals surface area contributed by atoms with Crippen LogP contribution in [0.1, 0.15) is 18.7 Å². The third kappa shape index (κ3) is 2.94. The number of hydrogen-bond acceptors (Lipinski definition) is 9. The number of hydrogen-bond donors (Lipinski definition) is 3. The lowest BCUT2D eigenvalue weighted by Gasteiger charge is -2.31. The van der Waals surface area contributed by atoms with E-state index in [4.69, 9.17) is 20.1 Å². The van der Waals surface area contributed by atoms with Crippen molar-refractivity contribution in [2.75, 3.05) is 23.8 Å². The van der Waals surface area contributed by atoms with Crippen LogP contribution in [-0.2, 0) is 0 Å². The van der Waals surface area contributed by atoms with Gasteiger partial charge in [-0.25, -0.2) is 14.4 Å². The van der Waals surface area contributed by atoms with E-state index in [1.165, 1.54) is 23.9 Å². The quantitative estimate of drug-likeness (QED) is 0.411. The second kappa shape index (κ2) is 6.79. The average Bonchev–Trinajstić information content (AvgIpc) is 3.50. The third-order valence-corrected chi connectivity index (χ3v) is 7.01. The van der Waals surface area contributed by atoms with Gasteiger partial charge in [0.1, 0.15) is 17.3 Å². The van der Waals surface area contributed by atoms with E-state index >= 15 is 0 Å². The number of halogens is 1. The Balaban J connectivity index is 1.56. The van der Waals surface area contributed by atoms with Crippen molar-refractivity contribution in [3.05, 3.63) is 23.8 Å². The maximum absolute atomic E-state index is 14.4. The maximum Gasteiger partial charge on any atom is 0.284 e. The van der Waals surface area contributed by atoms with Crippen LogP contribution in [0, 0.1) is 18.7 Å². The molecule has 3 atom stereocenters. The Morgan fingerprint density at radius 1 is 1.29 bits per heavy atom. The summed E-state index contributed by atoms with van der Waals surface area (Å²) in [4.78, 5) is 15.2. The van der Waals surface area contributed by atoms with Gasteiger partial charge in [0.15, 0.2) is 0 Å². The average molecular weight is 441 g/mol. The lowest BCUT2D eigenvalue weighted by molar-refractivity contribution is 0.429. The van der Waals surface area contributed by atoms with Gasteiger partial charge in [-0.1, -0.05) is 0 Å². The Bertz CT molecular complexity index is 1320. The van der Waals surface area contributed by atoms with Crippen molar-refractivity contribution >= 4 is 45.2 Å². The highest BCUT2D eigenvalue weighted by Gasteiger charge is 2.44. The number of nitrogens with zero attached hydrogens (tertiary/aromatic N) is 5. The molecule has 1 saturated heterocycles. The molecule has 1 aromatic carbocycles. The number of piperidine rings is 1. The second-order valence-electron chi connectivity index (χ2n) is 8.19. The summed E-state index contributed by atoms with van der Waals surface area (Å²) in [7, 11) is 1.77. The van der Waals surface area contributed by atoms with E-state index in [-0.39, 0.29) is 11.9 Å². The van der Waals surface area contributed by atoms with E-state index in [1.807, 2.05) is 0 Å². The molecule has 1 saturated carbocycles. The second-order valence-corrected chi connectivity index (χ2v) is 9.11. The molecule has 4 N–H and O–H groups in total. The predicted octanol–water partition coefficient (Wildman–Crippen LogP) is 3.06. The van der Waals surface area contributed by atoms with E-state index in [1.54, 1.807) is 14.0 Å². The summed E-state index contributed by atoms with van der Waals surface area (Å²) < 4.78 is 19.9. The van der Waals surface area contributed by atoms with Gasteiger partial charge in [0.05, 0.1) is 16.6 Å². The normalized spacial score (nSPS) is 22.8. The summed E-state index contributed by atoms with van der Waals surface area (Å²) in [5.74, 6) is 1.41. The number of nitrogens with two attached hydrogens (primary N) is 1. The lowest BCUT2D eigenvalue weighted by atomic mass is 10.0. The first-order chi connectivity index (χ1) is 15.0. The molecule has 11 heteroatoms. The standard InChI is InChI=1S/C20H21FN8OS/c1-8-27-28-20(30-8)31-19-25-17-15(12-4-10(21)5-14(23-2)16(12)24-17)18(26-19)29-7-9-3-11(29)6-13(9)22/h4-5,9,11,13,23H,3,6-7,22H2,1-2H3,(H,24,25,26)/t9-,11-,13-/m1/s1. The number of aromatic nitrogens is 5. The molecular formula is C20H21FN8OS. The zero-order chi connectivity index (χ0) is 21.3. The molecule has 4 heterocycles. The van der Waals surface area contributed by atoms with E-state index in [0.717, 1.165) is 41.5 Å². The molecule has 0 unspecified atom stereocenters. The summed E-state index contributed by atoms with van der Waals surface area (Å²) in [5.41, 5.74) is 8.40. The molecule has 0 radical (unpaired) electrons. The highest BCUT2D eigenvalue weighted by atomic mass is 32.2. The van der Waals surface area contributed by atoms with E-state index in [9.17, 15) is 4.39 Å². The number of H-pyrrole nitrogens is 1. The van der Waals surface area contributed by atoms with Crippen LogP contribution in [0.25, 0.3) is 21.9 Å². The number of benzene rings is 1. The molecule has 1 aliphatic heterocycles. The number of fused-ring (bicyclic) bond motifs is 5. The molecule has 2 fully saturated rings. The molecule has 1 aliphatic carbocycles. The Morgan fingerprint density at radius 2 is 2.16 bits per heavy atom. The molecule has 31 heavy (non-hydrogen) atoms. The van der Waals surface area contributed by atoms with Gasteiger partial charge in [0.2, 0.25) is 11.0 Å². The molecule has 4 aromatic rings. The molecule has 6 rings (SSSR count). The SMILES string of the molecule is CNc1cc(F)cc2c1[nH]c1nc(Sc3nnc(C)o3)nc(N3C[C@H]4C[C@@H]3C[C@H]4N)c12. The third-order valence-electron chi connectivity index (χ3n) is 6.31. The van der Waals surface area contributed by atoms with Gasteiger partial charge in [-0.15, -0.1) is 10.2 Å². The van der Waals surface area contributed by atoms with Crippen molar-refractivity contribution in [1.82, 2.24) is 25.1 Å². The number of anilines is 2. The van der Waals surface area contributed by atoms with Crippen LogP contribution < -0.4 is 16.0 Å². The Labute approximate surface area is 181 Å². The van der Waals surface area contributed by atoms with Crippen molar-refractivity contribution in [2.45, 2.75) is 42.2 Å². The van der Waals surface area contributed by atoms with Crippen molar-refractivity contribution in [3.8, 4) is 0 Å². The fourth-order valence-corrected chi connectivity index (χ4v) is 5.59. The Morgan fingerprint density at radius 3 is 2.84 bits per heavy atom. The predicted molar refractivity (Wildman–Crippen MR) is 116 cm³/mol. The molecule has 2 aliphatic rings. The minimum Gasteiger partial charge on any atom is -0.416 e. The van der Waals surface area contributed by atoms with E-state index in [0.29, 0.717) is 39.6 Å². The van der Waals surface area contributed by atoms with Crippen LogP contribution in [0.15, 0.2) is 26.9 Å². The first-order valence-corrected chi connectivity index (χ1v) is 11.0. The Hall–Kier alpha value is -2.92. The number of aromatic amines is 1. The fourth-order valence-electron chi connectivity index (χ4n) is 4.93. The molecule has 0 spiro atoms. The first kappa shape index (κ1) is 18.8. The number of rotatable bonds is 4. The van der Waals surface area contributed by atoms with Crippen LogP contribution >= 0.6 is 11.8 Å². The summed E-state index contributed by atoms with van der Waals surface area (Å²) in [5, 5.41) is 13.4. The van der Waals surface area contributed by atoms with Crippen molar-refractivity contribution in [1.29, 1.82) is 0 Å².